The number of hydrogen-bond donors (Lipinski definition) is 1. The van der Waals surface area contributed by atoms with Crippen LogP contribution in [0.25, 0.3) is 0 Å². The minimum Gasteiger partial charge on any atom is -0.487 e. The van der Waals surface area contributed by atoms with Crippen molar-refractivity contribution in [3.8, 4) is 5.75 Å². The number of benzene rings is 3. The molecular formula is C20H16BrCl2NO. The van der Waals surface area contributed by atoms with Crippen LogP contribution in [0.2, 0.25) is 10.0 Å². The van der Waals surface area contributed by atoms with Crippen LogP contribution < -0.4 is 10.1 Å². The number of anilines is 1. The van der Waals surface area contributed by atoms with E-state index in [0.29, 0.717) is 28.9 Å². The summed E-state index contributed by atoms with van der Waals surface area (Å²) in [7, 11) is 0. The predicted octanol–water partition coefficient (Wildman–Crippen LogP) is 6.95. The van der Waals surface area contributed by atoms with E-state index in [1.165, 1.54) is 0 Å². The molecule has 0 heterocycles. The van der Waals surface area contributed by atoms with Gasteiger partial charge in [-0.05, 0) is 59.7 Å². The first-order valence-electron chi connectivity index (χ1n) is 7.75. The number of halogens is 3. The van der Waals surface area contributed by atoms with Crippen LogP contribution in [0, 0.1) is 0 Å². The van der Waals surface area contributed by atoms with Gasteiger partial charge in [0.05, 0.1) is 5.02 Å². The van der Waals surface area contributed by atoms with Gasteiger partial charge in [0.2, 0.25) is 0 Å². The van der Waals surface area contributed by atoms with Gasteiger partial charge in [0, 0.05) is 21.7 Å². The molecule has 25 heavy (non-hydrogen) atoms. The predicted molar refractivity (Wildman–Crippen MR) is 109 cm³/mol. The molecule has 0 aliphatic rings. The fourth-order valence-electron chi connectivity index (χ4n) is 2.33. The molecule has 0 saturated carbocycles. The van der Waals surface area contributed by atoms with Gasteiger partial charge in [-0.1, -0.05) is 57.3 Å². The molecule has 2 nitrogen and oxygen atoms in total. The summed E-state index contributed by atoms with van der Waals surface area (Å²) in [6, 6.07) is 21.5. The number of ether oxygens (including phenoxy) is 1. The van der Waals surface area contributed by atoms with E-state index < -0.39 is 0 Å². The number of nitrogens with one attached hydrogen (secondary N) is 1. The minimum absolute atomic E-state index is 0.427. The molecule has 0 aliphatic heterocycles. The molecule has 5 heteroatoms. The average molecular weight is 437 g/mol. The van der Waals surface area contributed by atoms with E-state index in [1.807, 2.05) is 66.7 Å². The van der Waals surface area contributed by atoms with Gasteiger partial charge in [-0.25, -0.2) is 0 Å². The smallest absolute Gasteiger partial charge is 0.138 e. The van der Waals surface area contributed by atoms with Crippen LogP contribution >= 0.6 is 39.1 Å². The van der Waals surface area contributed by atoms with E-state index in [4.69, 9.17) is 27.9 Å². The lowest BCUT2D eigenvalue weighted by molar-refractivity contribution is 0.306. The summed E-state index contributed by atoms with van der Waals surface area (Å²) in [6.07, 6.45) is 0. The van der Waals surface area contributed by atoms with E-state index in [1.54, 1.807) is 0 Å². The largest absolute Gasteiger partial charge is 0.487 e. The van der Waals surface area contributed by atoms with Gasteiger partial charge in [-0.2, -0.15) is 0 Å². The monoisotopic (exact) mass is 435 g/mol. The Morgan fingerprint density at radius 3 is 2.40 bits per heavy atom. The van der Waals surface area contributed by atoms with Crippen molar-refractivity contribution in [1.29, 1.82) is 0 Å². The van der Waals surface area contributed by atoms with Crippen molar-refractivity contribution in [3.05, 3.63) is 92.4 Å². The molecule has 0 bridgehead atoms. The van der Waals surface area contributed by atoms with Gasteiger partial charge in [-0.3, -0.25) is 0 Å². The first-order chi connectivity index (χ1) is 12.1. The van der Waals surface area contributed by atoms with Crippen LogP contribution in [-0.2, 0) is 13.2 Å². The molecule has 3 rings (SSSR count). The summed E-state index contributed by atoms with van der Waals surface area (Å²) in [5.41, 5.74) is 3.15. The molecule has 0 unspecified atom stereocenters. The Morgan fingerprint density at radius 1 is 0.880 bits per heavy atom. The number of rotatable bonds is 6. The molecule has 0 atom stereocenters. The fraction of sp³-hybridized carbons (Fsp3) is 0.100. The Labute approximate surface area is 165 Å². The molecule has 3 aromatic carbocycles. The van der Waals surface area contributed by atoms with Gasteiger partial charge < -0.3 is 10.1 Å². The molecule has 0 saturated heterocycles. The fourth-order valence-corrected chi connectivity index (χ4v) is 3.07. The van der Waals surface area contributed by atoms with E-state index in [2.05, 4.69) is 21.2 Å². The Hall–Kier alpha value is -1.68. The maximum absolute atomic E-state index is 6.34. The highest BCUT2D eigenvalue weighted by atomic mass is 79.9. The van der Waals surface area contributed by atoms with E-state index in [0.717, 1.165) is 21.3 Å². The summed E-state index contributed by atoms with van der Waals surface area (Å²) >= 11 is 15.8. The first-order valence-corrected chi connectivity index (χ1v) is 9.30. The molecule has 0 amide bonds. The van der Waals surface area contributed by atoms with E-state index in [9.17, 15) is 0 Å². The third-order valence-electron chi connectivity index (χ3n) is 3.62. The lowest BCUT2D eigenvalue weighted by Gasteiger charge is -2.11. The van der Waals surface area contributed by atoms with Crippen LogP contribution in [0.3, 0.4) is 0 Å². The third-order valence-corrected chi connectivity index (χ3v) is 4.68. The quantitative estimate of drug-likeness (QED) is 0.451. The second-order valence-electron chi connectivity index (χ2n) is 5.54. The maximum Gasteiger partial charge on any atom is 0.138 e. The van der Waals surface area contributed by atoms with E-state index >= 15 is 0 Å². The van der Waals surface area contributed by atoms with Crippen LogP contribution in [0.15, 0.2) is 71.2 Å². The van der Waals surface area contributed by atoms with Gasteiger partial charge in [0.15, 0.2) is 0 Å². The minimum atomic E-state index is 0.427. The highest BCUT2D eigenvalue weighted by molar-refractivity contribution is 9.10. The topological polar surface area (TPSA) is 21.3 Å². The lowest BCUT2D eigenvalue weighted by atomic mass is 10.2. The molecule has 3 aromatic rings. The Morgan fingerprint density at radius 2 is 1.68 bits per heavy atom. The second-order valence-corrected chi connectivity index (χ2v) is 7.30. The van der Waals surface area contributed by atoms with Crippen molar-refractivity contribution >= 4 is 44.8 Å². The van der Waals surface area contributed by atoms with Gasteiger partial charge >= 0.3 is 0 Å². The van der Waals surface area contributed by atoms with Crippen molar-refractivity contribution in [2.45, 2.75) is 13.2 Å². The Bertz CT molecular complexity index is 853. The van der Waals surface area contributed by atoms with Crippen LogP contribution in [0.1, 0.15) is 11.1 Å². The second kappa shape index (κ2) is 8.61. The van der Waals surface area contributed by atoms with Crippen LogP contribution in [-0.4, -0.2) is 0 Å². The SMILES string of the molecule is Clc1cccc(COc2ccc(CNc3ccc(Br)cc3)cc2Cl)c1. The Balaban J connectivity index is 1.59. The molecule has 128 valence electrons. The van der Waals surface area contributed by atoms with Crippen molar-refractivity contribution < 1.29 is 4.74 Å². The number of hydrogen-bond acceptors (Lipinski definition) is 2. The zero-order chi connectivity index (χ0) is 17.6. The van der Waals surface area contributed by atoms with Crippen LogP contribution in [0.5, 0.6) is 5.75 Å². The van der Waals surface area contributed by atoms with Crippen molar-refractivity contribution in [2.24, 2.45) is 0 Å². The molecular weight excluding hydrogens is 421 g/mol. The highest BCUT2D eigenvalue weighted by Gasteiger charge is 2.04. The van der Waals surface area contributed by atoms with Gasteiger partial charge in [-0.15, -0.1) is 0 Å². The molecule has 0 aromatic heterocycles. The molecule has 0 fully saturated rings. The standard InChI is InChI=1S/C20H16BrCl2NO/c21-16-5-7-18(8-6-16)24-12-14-4-9-20(19(23)11-14)25-13-15-2-1-3-17(22)10-15/h1-11,24H,12-13H2. The summed E-state index contributed by atoms with van der Waals surface area (Å²) < 4.78 is 6.85. The van der Waals surface area contributed by atoms with Crippen molar-refractivity contribution in [2.75, 3.05) is 5.32 Å². The van der Waals surface area contributed by atoms with Crippen molar-refractivity contribution in [1.82, 2.24) is 0 Å². The summed E-state index contributed by atoms with van der Waals surface area (Å²) in [5, 5.41) is 4.65. The normalized spacial score (nSPS) is 10.5. The summed E-state index contributed by atoms with van der Waals surface area (Å²) in [5.74, 6) is 0.661. The maximum atomic E-state index is 6.34. The van der Waals surface area contributed by atoms with Gasteiger partial charge in [0.1, 0.15) is 12.4 Å². The van der Waals surface area contributed by atoms with Crippen LogP contribution in [0.4, 0.5) is 5.69 Å². The molecule has 0 aliphatic carbocycles. The third kappa shape index (κ3) is 5.40. The zero-order valence-electron chi connectivity index (χ0n) is 13.3. The summed E-state index contributed by atoms with van der Waals surface area (Å²) in [4.78, 5) is 0. The lowest BCUT2D eigenvalue weighted by Crippen LogP contribution is -2.00. The molecule has 1 N–H and O–H groups in total. The zero-order valence-corrected chi connectivity index (χ0v) is 16.4. The molecule has 0 radical (unpaired) electrons. The molecule has 0 spiro atoms. The highest BCUT2D eigenvalue weighted by Crippen LogP contribution is 2.27. The Kier molecular flexibility index (Phi) is 6.24. The summed E-state index contributed by atoms with van der Waals surface area (Å²) in [6.45, 7) is 1.12. The van der Waals surface area contributed by atoms with Crippen molar-refractivity contribution in [3.63, 3.8) is 0 Å². The van der Waals surface area contributed by atoms with E-state index in [-0.39, 0.29) is 0 Å². The van der Waals surface area contributed by atoms with Gasteiger partial charge in [0.25, 0.3) is 0 Å². The average Bonchev–Trinajstić information content (AvgIpc) is 2.60. The first kappa shape index (κ1) is 18.1.